The van der Waals surface area contributed by atoms with Gasteiger partial charge in [-0.15, -0.1) is 0 Å². The average molecular weight is 417 g/mol. The van der Waals surface area contributed by atoms with Crippen molar-refractivity contribution in [3.05, 3.63) is 60.2 Å². The Morgan fingerprint density at radius 3 is 2.34 bits per heavy atom. The van der Waals surface area contributed by atoms with Gasteiger partial charge in [-0.25, -0.2) is 8.42 Å². The first kappa shape index (κ1) is 21.3. The molecule has 0 spiro atoms. The first-order valence-corrected chi connectivity index (χ1v) is 11.5. The summed E-state index contributed by atoms with van der Waals surface area (Å²) in [6.45, 7) is 2.30. The van der Waals surface area contributed by atoms with Crippen LogP contribution in [0.25, 0.3) is 0 Å². The monoisotopic (exact) mass is 416 g/mol. The Balaban J connectivity index is 1.80. The second-order valence-electron chi connectivity index (χ2n) is 7.21. The molecule has 0 bridgehead atoms. The molecule has 1 aliphatic carbocycles. The Bertz CT molecular complexity index is 892. The van der Waals surface area contributed by atoms with E-state index in [1.54, 1.807) is 12.1 Å². The van der Waals surface area contributed by atoms with Crippen molar-refractivity contribution >= 4 is 15.9 Å². The van der Waals surface area contributed by atoms with Crippen molar-refractivity contribution in [2.45, 2.75) is 50.1 Å². The number of nitrogens with one attached hydrogen (secondary N) is 1. The van der Waals surface area contributed by atoms with Crippen LogP contribution in [0.2, 0.25) is 0 Å². The summed E-state index contributed by atoms with van der Waals surface area (Å²) >= 11 is 0. The van der Waals surface area contributed by atoms with Crippen LogP contribution in [-0.2, 0) is 21.4 Å². The van der Waals surface area contributed by atoms with Crippen molar-refractivity contribution in [2.24, 2.45) is 0 Å². The van der Waals surface area contributed by atoms with Crippen LogP contribution in [0.5, 0.6) is 5.75 Å². The van der Waals surface area contributed by atoms with Crippen molar-refractivity contribution in [3.63, 3.8) is 0 Å². The van der Waals surface area contributed by atoms with E-state index in [0.29, 0.717) is 12.4 Å². The molecule has 0 heterocycles. The summed E-state index contributed by atoms with van der Waals surface area (Å²) in [4.78, 5) is 12.7. The molecule has 7 heteroatoms. The minimum atomic E-state index is -3.84. The summed E-state index contributed by atoms with van der Waals surface area (Å²) in [6.07, 6.45) is 4.11. The van der Waals surface area contributed by atoms with Gasteiger partial charge in [0.05, 0.1) is 18.0 Å². The first-order valence-electron chi connectivity index (χ1n) is 10.1. The Hall–Kier alpha value is -2.38. The molecule has 0 atom stereocenters. The summed E-state index contributed by atoms with van der Waals surface area (Å²) in [5, 5.41) is 2.98. The summed E-state index contributed by atoms with van der Waals surface area (Å²) in [5.74, 6) is 0.349. The number of carbonyl (C=O) groups excluding carboxylic acids is 1. The van der Waals surface area contributed by atoms with Gasteiger partial charge in [0.2, 0.25) is 15.9 Å². The molecule has 6 nitrogen and oxygen atoms in total. The number of ether oxygens (including phenoxy) is 1. The highest BCUT2D eigenvalue weighted by atomic mass is 32.2. The fourth-order valence-electron chi connectivity index (χ4n) is 3.54. The lowest BCUT2D eigenvalue weighted by molar-refractivity contribution is -0.122. The maximum Gasteiger partial charge on any atom is 0.243 e. The van der Waals surface area contributed by atoms with Crippen LogP contribution in [0.1, 0.15) is 38.2 Å². The molecule has 2 aromatic rings. The number of benzene rings is 2. The first-order chi connectivity index (χ1) is 14.0. The van der Waals surface area contributed by atoms with Crippen molar-refractivity contribution in [1.82, 2.24) is 9.62 Å². The Morgan fingerprint density at radius 1 is 1.07 bits per heavy atom. The molecule has 1 aliphatic rings. The van der Waals surface area contributed by atoms with E-state index < -0.39 is 10.0 Å². The van der Waals surface area contributed by atoms with Gasteiger partial charge in [-0.2, -0.15) is 4.31 Å². The zero-order valence-corrected chi connectivity index (χ0v) is 17.5. The number of rotatable bonds is 9. The normalized spacial score (nSPS) is 14.8. The standard InChI is InChI=1S/C22H28N2O4S/c1-2-28-20-12-14-21(15-13-20)29(26,27)24(16-18-8-4-3-5-9-18)17-22(25)23-19-10-6-7-11-19/h3-5,8-9,12-15,19H,2,6-7,10-11,16-17H2,1H3,(H,23,25). The van der Waals surface area contributed by atoms with E-state index in [4.69, 9.17) is 4.74 Å². The molecule has 2 aromatic carbocycles. The molecule has 0 aliphatic heterocycles. The van der Waals surface area contributed by atoms with Gasteiger partial charge in [0.25, 0.3) is 0 Å². The third-order valence-electron chi connectivity index (χ3n) is 5.01. The molecule has 1 fully saturated rings. The van der Waals surface area contributed by atoms with Crippen LogP contribution in [0, 0.1) is 0 Å². The van der Waals surface area contributed by atoms with Crippen LogP contribution < -0.4 is 10.1 Å². The molecule has 0 radical (unpaired) electrons. The SMILES string of the molecule is CCOc1ccc(S(=O)(=O)N(CC(=O)NC2CCCC2)Cc2ccccc2)cc1. The second kappa shape index (κ2) is 9.89. The average Bonchev–Trinajstić information content (AvgIpc) is 3.22. The molecule has 3 rings (SSSR count). The van der Waals surface area contributed by atoms with E-state index >= 15 is 0 Å². The van der Waals surface area contributed by atoms with Gasteiger partial charge in [-0.05, 0) is 49.6 Å². The lowest BCUT2D eigenvalue weighted by Crippen LogP contribution is -2.43. The molecule has 1 N–H and O–H groups in total. The Labute approximate surface area is 172 Å². The maximum atomic E-state index is 13.3. The van der Waals surface area contributed by atoms with Gasteiger partial charge in [0, 0.05) is 12.6 Å². The molecule has 29 heavy (non-hydrogen) atoms. The molecule has 1 amide bonds. The number of hydrogen-bond acceptors (Lipinski definition) is 4. The van der Waals surface area contributed by atoms with Gasteiger partial charge in [-0.3, -0.25) is 4.79 Å². The van der Waals surface area contributed by atoms with Crippen LogP contribution in [0.4, 0.5) is 0 Å². The van der Waals surface area contributed by atoms with Crippen LogP contribution >= 0.6 is 0 Å². The van der Waals surface area contributed by atoms with E-state index in [1.165, 1.54) is 16.4 Å². The highest BCUT2D eigenvalue weighted by Gasteiger charge is 2.28. The van der Waals surface area contributed by atoms with Crippen LogP contribution in [0.15, 0.2) is 59.5 Å². The zero-order chi connectivity index (χ0) is 20.7. The summed E-state index contributed by atoms with van der Waals surface area (Å²) in [5.41, 5.74) is 0.829. The molecular weight excluding hydrogens is 388 g/mol. The molecular formula is C22H28N2O4S. The lowest BCUT2D eigenvalue weighted by Gasteiger charge is -2.23. The van der Waals surface area contributed by atoms with E-state index in [2.05, 4.69) is 5.32 Å². The number of sulfonamides is 1. The van der Waals surface area contributed by atoms with Crippen molar-refractivity contribution in [1.29, 1.82) is 0 Å². The number of nitrogens with zero attached hydrogens (tertiary/aromatic N) is 1. The van der Waals surface area contributed by atoms with Gasteiger partial charge >= 0.3 is 0 Å². The van der Waals surface area contributed by atoms with Gasteiger partial charge < -0.3 is 10.1 Å². The number of hydrogen-bond donors (Lipinski definition) is 1. The van der Waals surface area contributed by atoms with Gasteiger partial charge in [0.1, 0.15) is 5.75 Å². The molecule has 0 aromatic heterocycles. The molecule has 0 saturated heterocycles. The smallest absolute Gasteiger partial charge is 0.243 e. The Kier molecular flexibility index (Phi) is 7.28. The van der Waals surface area contributed by atoms with Crippen molar-refractivity contribution < 1.29 is 17.9 Å². The molecule has 0 unspecified atom stereocenters. The fourth-order valence-corrected chi connectivity index (χ4v) is 4.92. The van der Waals surface area contributed by atoms with E-state index in [0.717, 1.165) is 31.2 Å². The topological polar surface area (TPSA) is 75.7 Å². The third kappa shape index (κ3) is 5.81. The molecule has 156 valence electrons. The van der Waals surface area contributed by atoms with E-state index in [1.807, 2.05) is 37.3 Å². The predicted octanol–water partition coefficient (Wildman–Crippen LogP) is 3.34. The fraction of sp³-hybridized carbons (Fsp3) is 0.409. The number of amides is 1. The molecule has 1 saturated carbocycles. The minimum Gasteiger partial charge on any atom is -0.494 e. The zero-order valence-electron chi connectivity index (χ0n) is 16.7. The third-order valence-corrected chi connectivity index (χ3v) is 6.82. The lowest BCUT2D eigenvalue weighted by atomic mass is 10.2. The van der Waals surface area contributed by atoms with Crippen molar-refractivity contribution in [3.8, 4) is 5.75 Å². The largest absolute Gasteiger partial charge is 0.494 e. The highest BCUT2D eigenvalue weighted by molar-refractivity contribution is 7.89. The van der Waals surface area contributed by atoms with Gasteiger partial charge in [-0.1, -0.05) is 43.2 Å². The summed E-state index contributed by atoms with van der Waals surface area (Å²) in [7, 11) is -3.84. The summed E-state index contributed by atoms with van der Waals surface area (Å²) < 4.78 is 33.2. The second-order valence-corrected chi connectivity index (χ2v) is 9.15. The quantitative estimate of drug-likeness (QED) is 0.680. The summed E-state index contributed by atoms with van der Waals surface area (Å²) in [6, 6.07) is 15.8. The maximum absolute atomic E-state index is 13.3. The Morgan fingerprint density at radius 2 is 1.72 bits per heavy atom. The predicted molar refractivity (Wildman–Crippen MR) is 112 cm³/mol. The van der Waals surface area contributed by atoms with Gasteiger partial charge in [0.15, 0.2) is 0 Å². The van der Waals surface area contributed by atoms with E-state index in [-0.39, 0.29) is 29.9 Å². The van der Waals surface area contributed by atoms with Crippen molar-refractivity contribution in [2.75, 3.05) is 13.2 Å². The van der Waals surface area contributed by atoms with Crippen LogP contribution in [-0.4, -0.2) is 37.8 Å². The highest BCUT2D eigenvalue weighted by Crippen LogP contribution is 2.22. The minimum absolute atomic E-state index is 0.133. The van der Waals surface area contributed by atoms with Crippen LogP contribution in [0.3, 0.4) is 0 Å². The number of carbonyl (C=O) groups is 1. The van der Waals surface area contributed by atoms with E-state index in [9.17, 15) is 13.2 Å².